The van der Waals surface area contributed by atoms with Gasteiger partial charge in [0.25, 0.3) is 10.0 Å². The van der Waals surface area contributed by atoms with E-state index in [0.29, 0.717) is 0 Å². The number of hydrogen-bond acceptors (Lipinski definition) is 6. The topological polar surface area (TPSA) is 120 Å². The van der Waals surface area contributed by atoms with Gasteiger partial charge in [0.1, 0.15) is 0 Å². The normalized spacial score (nSPS) is 11.7. The van der Waals surface area contributed by atoms with Gasteiger partial charge in [0, 0.05) is 11.6 Å². The molecular formula is C17H15N4O4S2-. The second-order valence-corrected chi connectivity index (χ2v) is 8.84. The van der Waals surface area contributed by atoms with Crippen molar-refractivity contribution in [1.82, 2.24) is 9.97 Å². The minimum atomic E-state index is -4.01. The van der Waals surface area contributed by atoms with Crippen LogP contribution in [0.3, 0.4) is 0 Å². The molecule has 3 rings (SSSR count). The molecule has 0 radical (unpaired) electrons. The first-order valence-electron chi connectivity index (χ1n) is 7.71. The van der Waals surface area contributed by atoms with Gasteiger partial charge in [-0.15, -0.1) is 0 Å². The third-order valence-electron chi connectivity index (χ3n) is 3.49. The first-order chi connectivity index (χ1) is 12.8. The minimum Gasteiger partial charge on any atom is -0.366 e. The lowest BCUT2D eigenvalue weighted by molar-refractivity contribution is 0.600. The second-order valence-electron chi connectivity index (χ2n) is 5.56. The molecule has 0 saturated heterocycles. The number of anilines is 1. The molecule has 0 spiro atoms. The van der Waals surface area contributed by atoms with E-state index in [9.17, 15) is 16.8 Å². The fourth-order valence-corrected chi connectivity index (χ4v) is 4.08. The number of benzene rings is 2. The van der Waals surface area contributed by atoms with Gasteiger partial charge in [-0.05, 0) is 55.7 Å². The van der Waals surface area contributed by atoms with Crippen LogP contribution in [-0.2, 0) is 20.0 Å². The van der Waals surface area contributed by atoms with Crippen LogP contribution in [0.25, 0.3) is 4.72 Å². The van der Waals surface area contributed by atoms with Crippen molar-refractivity contribution < 1.29 is 16.8 Å². The minimum absolute atomic E-state index is 0.103. The second kappa shape index (κ2) is 7.33. The Morgan fingerprint density at radius 3 is 1.96 bits per heavy atom. The largest absolute Gasteiger partial charge is 0.366 e. The van der Waals surface area contributed by atoms with Crippen molar-refractivity contribution in [2.24, 2.45) is 0 Å². The molecule has 1 N–H and O–H groups in total. The lowest BCUT2D eigenvalue weighted by Crippen LogP contribution is -2.13. The molecule has 27 heavy (non-hydrogen) atoms. The molecule has 0 bridgehead atoms. The van der Waals surface area contributed by atoms with Crippen molar-refractivity contribution in [3.8, 4) is 0 Å². The van der Waals surface area contributed by atoms with Gasteiger partial charge in [0.15, 0.2) is 0 Å². The first-order valence-corrected chi connectivity index (χ1v) is 10.6. The van der Waals surface area contributed by atoms with Gasteiger partial charge >= 0.3 is 0 Å². The Morgan fingerprint density at radius 1 is 0.815 bits per heavy atom. The zero-order valence-corrected chi connectivity index (χ0v) is 15.8. The Bertz CT molecular complexity index is 1130. The van der Waals surface area contributed by atoms with E-state index in [1.165, 1.54) is 48.8 Å². The Labute approximate surface area is 157 Å². The lowest BCUT2D eigenvalue weighted by atomic mass is 10.2. The number of aromatic nitrogens is 2. The van der Waals surface area contributed by atoms with Gasteiger partial charge in [-0.1, -0.05) is 23.8 Å². The highest BCUT2D eigenvalue weighted by molar-refractivity contribution is 7.94. The van der Waals surface area contributed by atoms with Gasteiger partial charge in [-0.3, -0.25) is 9.44 Å². The summed E-state index contributed by atoms with van der Waals surface area (Å²) in [5.74, 6) is -0.179. The van der Waals surface area contributed by atoms with Crippen LogP contribution in [0.4, 0.5) is 11.6 Å². The van der Waals surface area contributed by atoms with Crippen LogP contribution in [0.1, 0.15) is 5.56 Å². The number of aryl methyl sites for hydroxylation is 1. The van der Waals surface area contributed by atoms with E-state index < -0.39 is 20.0 Å². The quantitative estimate of drug-likeness (QED) is 0.675. The van der Waals surface area contributed by atoms with E-state index in [1.807, 2.05) is 6.92 Å². The molecule has 0 amide bonds. The predicted octanol–water partition coefficient (Wildman–Crippen LogP) is 2.98. The SMILES string of the molecule is Cc1ccc(S(=O)(=O)Nc2ccc(S(=O)(=O)[N-]c3ncccn3)cc2)cc1. The van der Waals surface area contributed by atoms with Crippen molar-refractivity contribution in [2.75, 3.05) is 4.72 Å². The average Bonchev–Trinajstić information content (AvgIpc) is 2.63. The van der Waals surface area contributed by atoms with Crippen LogP contribution in [0.5, 0.6) is 0 Å². The molecule has 1 aromatic heterocycles. The maximum Gasteiger partial charge on any atom is 0.261 e. The summed E-state index contributed by atoms with van der Waals surface area (Å²) in [7, 11) is -7.78. The van der Waals surface area contributed by atoms with Gasteiger partial charge in [0.05, 0.1) is 9.79 Å². The van der Waals surface area contributed by atoms with Gasteiger partial charge in [-0.2, -0.15) is 0 Å². The Balaban J connectivity index is 1.78. The maximum atomic E-state index is 12.4. The number of nitrogens with one attached hydrogen (secondary N) is 1. The summed E-state index contributed by atoms with van der Waals surface area (Å²) >= 11 is 0. The molecule has 0 saturated carbocycles. The number of sulfonamides is 2. The summed E-state index contributed by atoms with van der Waals surface area (Å²) in [5, 5.41) is 0. The predicted molar refractivity (Wildman–Crippen MR) is 101 cm³/mol. The number of hydrogen-bond donors (Lipinski definition) is 1. The molecule has 10 heteroatoms. The van der Waals surface area contributed by atoms with Crippen LogP contribution in [-0.4, -0.2) is 26.8 Å². The highest BCUT2D eigenvalue weighted by Crippen LogP contribution is 2.25. The molecule has 0 atom stereocenters. The molecule has 3 aromatic rings. The van der Waals surface area contributed by atoms with Crippen molar-refractivity contribution in [1.29, 1.82) is 0 Å². The van der Waals surface area contributed by atoms with Gasteiger partial charge in [0.2, 0.25) is 10.0 Å². The van der Waals surface area contributed by atoms with Crippen LogP contribution >= 0.6 is 0 Å². The van der Waals surface area contributed by atoms with E-state index >= 15 is 0 Å². The van der Waals surface area contributed by atoms with Crippen LogP contribution < -0.4 is 4.72 Å². The first kappa shape index (κ1) is 18.8. The molecule has 0 aliphatic heterocycles. The Morgan fingerprint density at radius 2 is 1.37 bits per heavy atom. The summed E-state index contributed by atoms with van der Waals surface area (Å²) in [6.07, 6.45) is 2.76. The molecule has 0 fully saturated rings. The summed E-state index contributed by atoms with van der Waals surface area (Å²) in [6, 6.07) is 13.1. The summed E-state index contributed by atoms with van der Waals surface area (Å²) in [5.41, 5.74) is 1.17. The molecule has 0 aliphatic rings. The third-order valence-corrected chi connectivity index (χ3v) is 6.16. The van der Waals surface area contributed by atoms with E-state index in [-0.39, 0.29) is 21.4 Å². The summed E-state index contributed by atoms with van der Waals surface area (Å²) < 4.78 is 55.2. The molecule has 2 aromatic carbocycles. The van der Waals surface area contributed by atoms with E-state index in [2.05, 4.69) is 19.4 Å². The third kappa shape index (κ3) is 4.60. The molecule has 140 valence electrons. The van der Waals surface area contributed by atoms with Crippen molar-refractivity contribution >= 4 is 31.7 Å². The van der Waals surface area contributed by atoms with Crippen LogP contribution in [0, 0.1) is 6.92 Å². The number of nitrogens with zero attached hydrogens (tertiary/aromatic N) is 3. The van der Waals surface area contributed by atoms with E-state index in [4.69, 9.17) is 0 Å². The highest BCUT2D eigenvalue weighted by Gasteiger charge is 2.15. The molecule has 8 nitrogen and oxygen atoms in total. The van der Waals surface area contributed by atoms with Crippen molar-refractivity contribution in [2.45, 2.75) is 16.7 Å². The van der Waals surface area contributed by atoms with Crippen LogP contribution in [0.15, 0.2) is 76.8 Å². The monoisotopic (exact) mass is 403 g/mol. The average molecular weight is 403 g/mol. The summed E-state index contributed by atoms with van der Waals surface area (Å²) in [4.78, 5) is 7.50. The zero-order valence-electron chi connectivity index (χ0n) is 14.1. The van der Waals surface area contributed by atoms with E-state index in [0.717, 1.165) is 5.56 Å². The van der Waals surface area contributed by atoms with Crippen molar-refractivity contribution in [3.05, 3.63) is 77.3 Å². The van der Waals surface area contributed by atoms with Gasteiger partial charge < -0.3 is 9.97 Å². The fourth-order valence-electron chi connectivity index (χ4n) is 2.13. The Kier molecular flexibility index (Phi) is 5.10. The fraction of sp³-hybridized carbons (Fsp3) is 0.0588. The van der Waals surface area contributed by atoms with Crippen LogP contribution in [0.2, 0.25) is 0 Å². The molecule has 0 aliphatic carbocycles. The smallest absolute Gasteiger partial charge is 0.261 e. The molecule has 0 unspecified atom stereocenters. The zero-order chi connectivity index (χ0) is 19.5. The Hall–Kier alpha value is -2.98. The molecular weight excluding hydrogens is 388 g/mol. The maximum absolute atomic E-state index is 12.4. The molecule has 1 heterocycles. The lowest BCUT2D eigenvalue weighted by Gasteiger charge is -2.13. The number of rotatable bonds is 6. The standard InChI is InChI=1S/C17H15N4O4S2/c1-13-3-7-15(8-4-13)26(22,23)20-14-5-9-16(10-6-14)27(24,25)21-17-18-11-2-12-19-17/h2-12,20H,1H3/q-1. The van der Waals surface area contributed by atoms with E-state index in [1.54, 1.807) is 18.2 Å². The summed E-state index contributed by atoms with van der Waals surface area (Å²) in [6.45, 7) is 1.86. The van der Waals surface area contributed by atoms with Gasteiger partial charge in [-0.25, -0.2) is 16.8 Å². The van der Waals surface area contributed by atoms with Crippen molar-refractivity contribution in [3.63, 3.8) is 0 Å². The highest BCUT2D eigenvalue weighted by atomic mass is 32.2.